The van der Waals surface area contributed by atoms with Crippen molar-refractivity contribution in [2.24, 2.45) is 0 Å². The molecule has 1 saturated heterocycles. The van der Waals surface area contributed by atoms with Gasteiger partial charge in [0.2, 0.25) is 15.9 Å². The zero-order valence-corrected chi connectivity index (χ0v) is 19.7. The summed E-state index contributed by atoms with van der Waals surface area (Å²) in [6.45, 7) is 0.0150. The Labute approximate surface area is 202 Å². The van der Waals surface area contributed by atoms with Gasteiger partial charge in [0.05, 0.1) is 22.4 Å². The van der Waals surface area contributed by atoms with E-state index in [0.717, 1.165) is 46.0 Å². The summed E-state index contributed by atoms with van der Waals surface area (Å²) in [7, 11) is -4.10. The first-order valence-corrected chi connectivity index (χ1v) is 12.9. The molecule has 1 fully saturated rings. The molecule has 0 saturated carbocycles. The number of hydrogen-bond acceptors (Lipinski definition) is 6. The van der Waals surface area contributed by atoms with Crippen molar-refractivity contribution in [3.05, 3.63) is 78.0 Å². The molecular weight excluding hydrogens is 503 g/mol. The van der Waals surface area contributed by atoms with Gasteiger partial charge >= 0.3 is 0 Å². The van der Waals surface area contributed by atoms with Crippen molar-refractivity contribution in [2.75, 3.05) is 11.4 Å². The topological polar surface area (TPSA) is 83.7 Å². The van der Waals surface area contributed by atoms with Crippen LogP contribution in [0.5, 0.6) is 0 Å². The molecule has 1 atom stereocenters. The van der Waals surface area contributed by atoms with Crippen LogP contribution in [0.4, 0.5) is 18.3 Å². The second kappa shape index (κ2) is 9.10. The van der Waals surface area contributed by atoms with Crippen molar-refractivity contribution in [1.82, 2.24) is 9.29 Å². The number of sulfonamides is 1. The van der Waals surface area contributed by atoms with Gasteiger partial charge in [-0.1, -0.05) is 11.3 Å². The minimum Gasteiger partial charge on any atom is -0.467 e. The third-order valence-corrected chi connectivity index (χ3v) is 8.65. The van der Waals surface area contributed by atoms with Crippen molar-refractivity contribution < 1.29 is 30.8 Å². The molecule has 0 bridgehead atoms. The quantitative estimate of drug-likeness (QED) is 0.368. The zero-order valence-electron chi connectivity index (χ0n) is 18.0. The number of carbonyl (C=O) groups excluding carboxylic acids is 1. The summed E-state index contributed by atoms with van der Waals surface area (Å²) >= 11 is 0.912. The first kappa shape index (κ1) is 23.5. The number of halogens is 3. The van der Waals surface area contributed by atoms with Gasteiger partial charge in [-0.05, 0) is 55.3 Å². The molecule has 0 spiro atoms. The van der Waals surface area contributed by atoms with Gasteiger partial charge in [0.25, 0.3) is 0 Å². The van der Waals surface area contributed by atoms with Crippen molar-refractivity contribution in [3.8, 4) is 0 Å². The molecule has 2 aromatic carbocycles. The molecule has 35 heavy (non-hydrogen) atoms. The highest BCUT2D eigenvalue weighted by atomic mass is 32.2. The molecule has 0 radical (unpaired) electrons. The maximum atomic E-state index is 14.3. The Hall–Kier alpha value is -3.22. The molecule has 5 rings (SSSR count). The van der Waals surface area contributed by atoms with Crippen LogP contribution in [-0.2, 0) is 21.4 Å². The molecule has 0 aliphatic carbocycles. The average Bonchev–Trinajstić information content (AvgIpc) is 3.57. The van der Waals surface area contributed by atoms with E-state index < -0.39 is 39.4 Å². The lowest BCUT2D eigenvalue weighted by Crippen LogP contribution is -2.47. The van der Waals surface area contributed by atoms with Gasteiger partial charge in [0, 0.05) is 12.6 Å². The largest absolute Gasteiger partial charge is 0.467 e. The molecule has 182 valence electrons. The zero-order chi connectivity index (χ0) is 24.7. The summed E-state index contributed by atoms with van der Waals surface area (Å²) in [6, 6.07) is 8.41. The Bertz CT molecular complexity index is 1490. The number of fused-ring (bicyclic) bond motifs is 1. The van der Waals surface area contributed by atoms with Gasteiger partial charge < -0.3 is 4.42 Å². The number of furan rings is 1. The van der Waals surface area contributed by atoms with E-state index in [4.69, 9.17) is 4.42 Å². The SMILES string of the molecule is O=C(C1CCCN1S(=O)(=O)c1ccc(F)cc1)N(Cc1ccco1)c1nc2c(F)cc(F)cc2s1. The Morgan fingerprint density at radius 2 is 1.91 bits per heavy atom. The third kappa shape index (κ3) is 4.44. The number of thiazole rings is 1. The Morgan fingerprint density at radius 3 is 2.63 bits per heavy atom. The molecule has 1 aliphatic heterocycles. The van der Waals surface area contributed by atoms with E-state index in [0.29, 0.717) is 18.2 Å². The van der Waals surface area contributed by atoms with Crippen LogP contribution in [0.25, 0.3) is 10.2 Å². The highest BCUT2D eigenvalue weighted by molar-refractivity contribution is 7.89. The summed E-state index contributed by atoms with van der Waals surface area (Å²) in [5, 5.41) is 0.0805. The number of carbonyl (C=O) groups is 1. The van der Waals surface area contributed by atoms with E-state index in [1.807, 2.05) is 0 Å². The van der Waals surface area contributed by atoms with Crippen LogP contribution < -0.4 is 4.90 Å². The lowest BCUT2D eigenvalue weighted by atomic mass is 10.2. The van der Waals surface area contributed by atoms with Gasteiger partial charge in [0.1, 0.15) is 29.0 Å². The van der Waals surface area contributed by atoms with Gasteiger partial charge in [-0.2, -0.15) is 4.31 Å². The van der Waals surface area contributed by atoms with Crippen LogP contribution in [0.15, 0.2) is 64.1 Å². The Balaban J connectivity index is 1.53. The molecule has 3 heterocycles. The summed E-state index contributed by atoms with van der Waals surface area (Å²) in [5.74, 6) is -2.41. The van der Waals surface area contributed by atoms with Crippen LogP contribution in [0, 0.1) is 17.5 Å². The summed E-state index contributed by atoms with van der Waals surface area (Å²) in [5.41, 5.74) is -0.0918. The predicted molar refractivity (Wildman–Crippen MR) is 123 cm³/mol. The van der Waals surface area contributed by atoms with E-state index in [1.165, 1.54) is 11.2 Å². The second-order valence-corrected chi connectivity index (χ2v) is 10.9. The highest BCUT2D eigenvalue weighted by Gasteiger charge is 2.42. The van der Waals surface area contributed by atoms with Gasteiger partial charge in [0.15, 0.2) is 10.9 Å². The van der Waals surface area contributed by atoms with Crippen molar-refractivity contribution in [1.29, 1.82) is 0 Å². The van der Waals surface area contributed by atoms with Gasteiger partial charge in [-0.15, -0.1) is 0 Å². The molecule has 0 N–H and O–H groups in total. The van der Waals surface area contributed by atoms with Gasteiger partial charge in [-0.25, -0.2) is 26.6 Å². The number of rotatable bonds is 6. The predicted octanol–water partition coefficient (Wildman–Crippen LogP) is 4.69. The minimum atomic E-state index is -4.10. The smallest absolute Gasteiger partial charge is 0.247 e. The maximum Gasteiger partial charge on any atom is 0.247 e. The third-order valence-electron chi connectivity index (χ3n) is 5.70. The molecule has 1 unspecified atom stereocenters. The fourth-order valence-corrected chi connectivity index (χ4v) is 6.72. The monoisotopic (exact) mass is 521 g/mol. The van der Waals surface area contributed by atoms with E-state index in [-0.39, 0.29) is 39.8 Å². The van der Waals surface area contributed by atoms with Crippen LogP contribution in [0.3, 0.4) is 0 Å². The number of aromatic nitrogens is 1. The first-order valence-electron chi connectivity index (χ1n) is 10.6. The Morgan fingerprint density at radius 1 is 1.14 bits per heavy atom. The molecule has 12 heteroatoms. The summed E-state index contributed by atoms with van der Waals surface area (Å²) in [4.78, 5) is 19.1. The van der Waals surface area contributed by atoms with E-state index in [2.05, 4.69) is 4.98 Å². The van der Waals surface area contributed by atoms with E-state index in [9.17, 15) is 26.4 Å². The standard InChI is InChI=1S/C23H18F3N3O4S2/c24-14-5-7-17(8-6-14)35(31,32)29-9-1-4-19(29)22(30)28(13-16-3-2-10-33-16)23-27-21-18(26)11-15(25)12-20(21)34-23/h2-3,5-8,10-12,19H,1,4,9,13H2. The van der Waals surface area contributed by atoms with Crippen molar-refractivity contribution in [3.63, 3.8) is 0 Å². The molecule has 1 amide bonds. The second-order valence-electron chi connectivity index (χ2n) is 7.96. The fraction of sp³-hybridized carbons (Fsp3) is 0.217. The molecule has 4 aromatic rings. The van der Waals surface area contributed by atoms with Crippen molar-refractivity contribution in [2.45, 2.75) is 30.3 Å². The lowest BCUT2D eigenvalue weighted by molar-refractivity contribution is -0.121. The van der Waals surface area contributed by atoms with Crippen LogP contribution in [0.2, 0.25) is 0 Å². The molecular formula is C23H18F3N3O4S2. The number of amides is 1. The van der Waals surface area contributed by atoms with Crippen LogP contribution in [0.1, 0.15) is 18.6 Å². The number of hydrogen-bond donors (Lipinski definition) is 0. The van der Waals surface area contributed by atoms with Crippen LogP contribution >= 0.6 is 11.3 Å². The van der Waals surface area contributed by atoms with Gasteiger partial charge in [-0.3, -0.25) is 9.69 Å². The van der Waals surface area contributed by atoms with E-state index in [1.54, 1.807) is 12.1 Å². The molecule has 1 aliphatic rings. The minimum absolute atomic E-state index is 0.0805. The average molecular weight is 522 g/mol. The number of nitrogens with zero attached hydrogens (tertiary/aromatic N) is 3. The summed E-state index contributed by atoms with van der Waals surface area (Å²) in [6.07, 6.45) is 2.11. The lowest BCUT2D eigenvalue weighted by Gasteiger charge is -2.28. The maximum absolute atomic E-state index is 14.3. The normalized spacial score (nSPS) is 16.7. The number of benzene rings is 2. The Kier molecular flexibility index (Phi) is 6.11. The first-order chi connectivity index (χ1) is 16.7. The fourth-order valence-electron chi connectivity index (χ4n) is 4.06. The van der Waals surface area contributed by atoms with E-state index >= 15 is 0 Å². The molecule has 7 nitrogen and oxygen atoms in total. The highest BCUT2D eigenvalue weighted by Crippen LogP contribution is 2.35. The van der Waals surface area contributed by atoms with Crippen molar-refractivity contribution >= 4 is 42.6 Å². The molecule has 2 aromatic heterocycles. The van der Waals surface area contributed by atoms with Crippen LogP contribution in [-0.4, -0.2) is 36.2 Å². The number of anilines is 1. The summed E-state index contributed by atoms with van der Waals surface area (Å²) < 4.78 is 74.6.